The maximum atomic E-state index is 13.4. The molecule has 0 spiro atoms. The summed E-state index contributed by atoms with van der Waals surface area (Å²) < 4.78 is 12.3. The predicted octanol–water partition coefficient (Wildman–Crippen LogP) is 5.65. The molecule has 5 aromatic carbocycles. The molecule has 0 saturated carbocycles. The van der Waals surface area contributed by atoms with Gasteiger partial charge in [0.25, 0.3) is 0 Å². The lowest BCUT2D eigenvalue weighted by atomic mass is 9.97. The summed E-state index contributed by atoms with van der Waals surface area (Å²) in [6.45, 7) is 0. The van der Waals surface area contributed by atoms with Crippen LogP contribution in [-0.4, -0.2) is 20.4 Å². The van der Waals surface area contributed by atoms with E-state index in [1.54, 1.807) is 103 Å². The van der Waals surface area contributed by atoms with Crippen molar-refractivity contribution in [2.24, 2.45) is 5.92 Å². The molecule has 4 N–H and O–H groups in total. The van der Waals surface area contributed by atoms with Gasteiger partial charge in [-0.2, -0.15) is 0 Å². The molecule has 0 atom stereocenters. The first kappa shape index (κ1) is 30.0. The molecule has 0 fully saturated rings. The fourth-order valence-electron chi connectivity index (χ4n) is 5.46. The second kappa shape index (κ2) is 12.3. The van der Waals surface area contributed by atoms with E-state index in [0.717, 1.165) is 0 Å². The van der Waals surface area contributed by atoms with Gasteiger partial charge in [-0.3, -0.25) is 9.59 Å². The molecule has 0 amide bonds. The van der Waals surface area contributed by atoms with Crippen LogP contribution in [0.3, 0.4) is 0 Å². The maximum absolute atomic E-state index is 13.4. The summed E-state index contributed by atoms with van der Waals surface area (Å²) in [5.74, 6) is 1.78. The van der Waals surface area contributed by atoms with E-state index in [-0.39, 0.29) is 33.4 Å². The van der Waals surface area contributed by atoms with Crippen LogP contribution in [0.25, 0.3) is 46.3 Å². The fraction of sp³-hybridized carbons (Fsp3) is 0.0250. The summed E-state index contributed by atoms with van der Waals surface area (Å²) >= 11 is 0. The average Bonchev–Trinajstić information content (AvgIpc) is 3.10. The molecule has 1 aliphatic rings. The van der Waals surface area contributed by atoms with Gasteiger partial charge in [-0.05, 0) is 121 Å². The zero-order valence-electron chi connectivity index (χ0n) is 25.2. The lowest BCUT2D eigenvalue weighted by Crippen LogP contribution is -2.64. The third-order valence-electron chi connectivity index (χ3n) is 7.98. The van der Waals surface area contributed by atoms with Crippen LogP contribution in [0.1, 0.15) is 16.7 Å². The number of phenols is 4. The van der Waals surface area contributed by atoms with Gasteiger partial charge in [0.05, 0.1) is 33.7 Å². The molecule has 0 bridgehead atoms. The highest BCUT2D eigenvalue weighted by molar-refractivity contribution is 5.75. The normalized spacial score (nSPS) is 13.0. The first-order chi connectivity index (χ1) is 23.2. The number of phenolic OH excluding ortho intramolecular Hbond substituents is 4. The first-order valence-electron chi connectivity index (χ1n) is 15.0. The molecule has 8 nitrogen and oxygen atoms in total. The number of aromatic hydroxyl groups is 4. The van der Waals surface area contributed by atoms with Crippen LogP contribution in [0, 0.1) is 5.92 Å². The third-order valence-corrected chi connectivity index (χ3v) is 7.98. The van der Waals surface area contributed by atoms with Gasteiger partial charge in [0.2, 0.25) is 10.9 Å². The summed E-state index contributed by atoms with van der Waals surface area (Å²) in [7, 11) is 0. The summed E-state index contributed by atoms with van der Waals surface area (Å²) in [6.07, 6.45) is 6.72. The molecule has 0 unspecified atom stereocenters. The lowest BCUT2D eigenvalue weighted by molar-refractivity contribution is 0.456. The monoisotopic (exact) mass is 635 g/mol. The smallest absolute Gasteiger partial charge is 0.361 e. The largest absolute Gasteiger partial charge is 0.508 e. The Morgan fingerprint density at radius 1 is 0.521 bits per heavy atom. The number of ether oxygens (including phenoxy) is 1. The molecule has 7 rings (SSSR count). The van der Waals surface area contributed by atoms with Crippen molar-refractivity contribution in [2.45, 2.75) is 0 Å². The highest BCUT2D eigenvalue weighted by Gasteiger charge is 2.22. The van der Waals surface area contributed by atoms with Gasteiger partial charge in [0, 0.05) is 17.0 Å². The molecule has 1 aliphatic heterocycles. The molecule has 234 valence electrons. The van der Waals surface area contributed by atoms with Crippen LogP contribution in [0.5, 0.6) is 23.0 Å². The van der Waals surface area contributed by atoms with Gasteiger partial charge in [-0.1, -0.05) is 6.08 Å². The minimum Gasteiger partial charge on any atom is -0.508 e. The molecule has 48 heavy (non-hydrogen) atoms. The molecule has 6 aromatic rings. The Hall–Kier alpha value is -6.67. The number of hydrogen-bond donors (Lipinski definition) is 4. The van der Waals surface area contributed by atoms with Crippen molar-refractivity contribution in [2.75, 3.05) is 0 Å². The molecule has 0 aliphatic carbocycles. The van der Waals surface area contributed by atoms with Gasteiger partial charge in [0.15, 0.2) is 0 Å². The third kappa shape index (κ3) is 6.10. The Morgan fingerprint density at radius 3 is 1.29 bits per heavy atom. The second-order valence-electron chi connectivity index (χ2n) is 11.3. The van der Waals surface area contributed by atoms with Crippen molar-refractivity contribution in [3.05, 3.63) is 169 Å². The molecular formula is C40H27O8+. The van der Waals surface area contributed by atoms with E-state index in [9.17, 15) is 30.0 Å². The standard InChI is InChI=1S/C40H26O8/c41-29-9-1-25(2-10-29)35-19-23(20-36(47-35)26-3-11-30(42)12-4-26)17-33-39(45)34(40(33)46)18-24-21-37(27-5-13-31(43)14-6-27)48-38(22-24)28-7-15-32(44)16-8-28/h1-23H,(H3-,41,42,43,44)/p+1. The van der Waals surface area contributed by atoms with Crippen LogP contribution in [0.15, 0.2) is 135 Å². The van der Waals surface area contributed by atoms with Crippen molar-refractivity contribution >= 4 is 23.7 Å². The summed E-state index contributed by atoms with van der Waals surface area (Å²) in [4.78, 5) is 26.9. The quantitative estimate of drug-likeness (QED) is 0.173. The van der Waals surface area contributed by atoms with E-state index in [2.05, 4.69) is 0 Å². The van der Waals surface area contributed by atoms with Gasteiger partial charge in [0.1, 0.15) is 34.5 Å². The fourth-order valence-corrected chi connectivity index (χ4v) is 5.46. The Morgan fingerprint density at radius 2 is 0.896 bits per heavy atom. The van der Waals surface area contributed by atoms with E-state index in [1.165, 1.54) is 30.3 Å². The van der Waals surface area contributed by atoms with Gasteiger partial charge in [-0.25, -0.2) is 4.42 Å². The summed E-state index contributed by atoms with van der Waals surface area (Å²) in [5, 5.41) is 39.1. The number of rotatable bonds is 6. The summed E-state index contributed by atoms with van der Waals surface area (Å²) in [6, 6.07) is 29.3. The molecule has 1 aromatic heterocycles. The maximum Gasteiger partial charge on any atom is 0.361 e. The van der Waals surface area contributed by atoms with Crippen molar-refractivity contribution < 1.29 is 29.6 Å². The van der Waals surface area contributed by atoms with Crippen molar-refractivity contribution in [3.8, 4) is 45.6 Å². The van der Waals surface area contributed by atoms with Crippen LogP contribution in [-0.2, 0) is 4.74 Å². The van der Waals surface area contributed by atoms with E-state index >= 15 is 0 Å². The predicted molar refractivity (Wildman–Crippen MR) is 183 cm³/mol. The van der Waals surface area contributed by atoms with Crippen LogP contribution in [0.4, 0.5) is 0 Å². The number of allylic oxidation sites excluding steroid dienone is 2. The van der Waals surface area contributed by atoms with Crippen molar-refractivity contribution in [1.29, 1.82) is 0 Å². The average molecular weight is 636 g/mol. The van der Waals surface area contributed by atoms with Crippen molar-refractivity contribution in [1.82, 2.24) is 0 Å². The van der Waals surface area contributed by atoms with E-state index in [1.807, 2.05) is 0 Å². The molecule has 0 radical (unpaired) electrons. The highest BCUT2D eigenvalue weighted by Crippen LogP contribution is 2.34. The van der Waals surface area contributed by atoms with Gasteiger partial charge in [-0.15, -0.1) is 0 Å². The van der Waals surface area contributed by atoms with Crippen LogP contribution < -0.4 is 21.3 Å². The minimum atomic E-state index is -0.478. The van der Waals surface area contributed by atoms with Crippen LogP contribution in [0.2, 0.25) is 0 Å². The molecule has 0 saturated heterocycles. The van der Waals surface area contributed by atoms with Crippen molar-refractivity contribution in [3.63, 3.8) is 0 Å². The Bertz CT molecular complexity index is 2250. The number of benzene rings is 4. The Kier molecular flexibility index (Phi) is 7.67. The topological polar surface area (TPSA) is 136 Å². The van der Waals surface area contributed by atoms with Crippen LogP contribution >= 0.6 is 0 Å². The van der Waals surface area contributed by atoms with E-state index in [0.29, 0.717) is 50.9 Å². The first-order valence-corrected chi connectivity index (χ1v) is 15.0. The molecule has 8 heteroatoms. The second-order valence-corrected chi connectivity index (χ2v) is 11.3. The molecular weight excluding hydrogens is 608 g/mol. The van der Waals surface area contributed by atoms with E-state index in [4.69, 9.17) is 9.15 Å². The Balaban J connectivity index is 1.31. The van der Waals surface area contributed by atoms with E-state index < -0.39 is 16.8 Å². The Labute approximate surface area is 273 Å². The lowest BCUT2D eigenvalue weighted by Gasteiger charge is -2.21. The zero-order chi connectivity index (χ0) is 33.4. The molecule has 2 heterocycles. The van der Waals surface area contributed by atoms with Gasteiger partial charge < -0.3 is 25.2 Å². The zero-order valence-corrected chi connectivity index (χ0v) is 25.2. The summed E-state index contributed by atoms with van der Waals surface area (Å²) in [5.41, 5.74) is 2.48. The number of hydrogen-bond acceptors (Lipinski definition) is 7. The minimum absolute atomic E-state index is 0.0262. The SMILES string of the molecule is O=c1c(=Cc2cc(-c3ccc(O)cc3)[o+]c(-c3ccc(O)cc3)c2)c(=O)c1=CC1C=C(c2ccc(O)cc2)OC(c2ccc(O)cc2)=C1. The highest BCUT2D eigenvalue weighted by atomic mass is 16.5. The van der Waals surface area contributed by atoms with Gasteiger partial charge >= 0.3 is 11.5 Å².